The van der Waals surface area contributed by atoms with Crippen LogP contribution in [0, 0.1) is 0 Å². The van der Waals surface area contributed by atoms with E-state index >= 15 is 0 Å². The molecule has 2 nitrogen and oxygen atoms in total. The fourth-order valence-electron chi connectivity index (χ4n) is 4.16. The lowest BCUT2D eigenvalue weighted by Gasteiger charge is -2.25. The summed E-state index contributed by atoms with van der Waals surface area (Å²) in [5.74, 6) is 0.948. The van der Waals surface area contributed by atoms with E-state index in [0.717, 1.165) is 24.1 Å². The molecule has 1 aromatic heterocycles. The van der Waals surface area contributed by atoms with Crippen LogP contribution in [0.5, 0.6) is 5.75 Å². The maximum atomic E-state index is 6.63. The topological polar surface area (TPSA) is 12.5 Å². The average Bonchev–Trinajstić information content (AvgIpc) is 3.36. The van der Waals surface area contributed by atoms with Crippen molar-refractivity contribution >= 4 is 38.6 Å². The molecular formula is C28H25NOS. The molecule has 0 bridgehead atoms. The largest absolute Gasteiger partial charge is 0.484 e. The molecule has 1 heterocycles. The molecule has 3 heteroatoms. The van der Waals surface area contributed by atoms with Crippen molar-refractivity contribution in [2.75, 3.05) is 18.5 Å². The summed E-state index contributed by atoms with van der Waals surface area (Å²) in [5.41, 5.74) is 1.26. The Morgan fingerprint density at radius 3 is 2.19 bits per heavy atom. The summed E-state index contributed by atoms with van der Waals surface area (Å²) < 4.78 is 6.63. The Balaban J connectivity index is 1.40. The average molecular weight is 424 g/mol. The number of anilines is 1. The third-order valence-corrected chi connectivity index (χ3v) is 6.75. The normalized spacial score (nSPS) is 12.2. The van der Waals surface area contributed by atoms with Gasteiger partial charge in [-0.05, 0) is 34.4 Å². The summed E-state index contributed by atoms with van der Waals surface area (Å²) in [5, 5.41) is 7.05. The van der Waals surface area contributed by atoms with Gasteiger partial charge in [0.15, 0.2) is 0 Å². The van der Waals surface area contributed by atoms with Gasteiger partial charge in [0.05, 0.1) is 0 Å². The monoisotopic (exact) mass is 423 g/mol. The van der Waals surface area contributed by atoms with Crippen LogP contribution in [-0.4, -0.2) is 13.6 Å². The van der Waals surface area contributed by atoms with E-state index in [1.54, 1.807) is 11.3 Å². The highest BCUT2D eigenvalue weighted by Gasteiger charge is 2.18. The minimum atomic E-state index is 0.0169. The molecule has 154 valence electrons. The second-order valence-corrected chi connectivity index (χ2v) is 8.79. The highest BCUT2D eigenvalue weighted by Crippen LogP contribution is 2.34. The van der Waals surface area contributed by atoms with Crippen molar-refractivity contribution in [3.8, 4) is 5.75 Å². The molecule has 0 aliphatic rings. The van der Waals surface area contributed by atoms with Gasteiger partial charge in [0.25, 0.3) is 0 Å². The Labute approximate surface area is 187 Å². The van der Waals surface area contributed by atoms with E-state index in [0.29, 0.717) is 0 Å². The SMILES string of the molecule is CN(CC[C@@H](Oc1cccc2ccccc12)c1cccs1)c1cccc2ccccc12. The van der Waals surface area contributed by atoms with Gasteiger partial charge in [-0.25, -0.2) is 0 Å². The summed E-state index contributed by atoms with van der Waals surface area (Å²) in [6.07, 6.45) is 0.923. The van der Waals surface area contributed by atoms with Gasteiger partial charge < -0.3 is 9.64 Å². The van der Waals surface area contributed by atoms with Crippen LogP contribution < -0.4 is 9.64 Å². The molecule has 0 amide bonds. The molecule has 0 unspecified atom stereocenters. The number of nitrogens with zero attached hydrogens (tertiary/aromatic N) is 1. The Kier molecular flexibility index (Phi) is 5.59. The number of hydrogen-bond acceptors (Lipinski definition) is 3. The number of fused-ring (bicyclic) bond motifs is 2. The van der Waals surface area contributed by atoms with Crippen molar-refractivity contribution in [2.45, 2.75) is 12.5 Å². The zero-order valence-corrected chi connectivity index (χ0v) is 18.4. The lowest BCUT2D eigenvalue weighted by atomic mass is 10.1. The second-order valence-electron chi connectivity index (χ2n) is 7.81. The second kappa shape index (κ2) is 8.83. The van der Waals surface area contributed by atoms with Gasteiger partial charge in [0.2, 0.25) is 0 Å². The Morgan fingerprint density at radius 1 is 0.742 bits per heavy atom. The molecule has 0 aliphatic heterocycles. The highest BCUT2D eigenvalue weighted by atomic mass is 32.1. The van der Waals surface area contributed by atoms with E-state index in [1.807, 2.05) is 0 Å². The van der Waals surface area contributed by atoms with E-state index in [2.05, 4.69) is 114 Å². The van der Waals surface area contributed by atoms with E-state index in [1.165, 1.54) is 26.7 Å². The van der Waals surface area contributed by atoms with Gasteiger partial charge in [0.1, 0.15) is 11.9 Å². The Bertz CT molecular complexity index is 1280. The molecule has 0 saturated carbocycles. The molecule has 0 radical (unpaired) electrons. The zero-order chi connectivity index (χ0) is 21.0. The van der Waals surface area contributed by atoms with Crippen molar-refractivity contribution in [1.29, 1.82) is 0 Å². The molecule has 0 saturated heterocycles. The van der Waals surface area contributed by atoms with E-state index in [9.17, 15) is 0 Å². The highest BCUT2D eigenvalue weighted by molar-refractivity contribution is 7.10. The summed E-state index contributed by atoms with van der Waals surface area (Å²) in [6, 6.07) is 34.1. The van der Waals surface area contributed by atoms with Crippen molar-refractivity contribution in [3.05, 3.63) is 107 Å². The van der Waals surface area contributed by atoms with Gasteiger partial charge in [-0.1, -0.05) is 78.9 Å². The maximum absolute atomic E-state index is 6.63. The van der Waals surface area contributed by atoms with E-state index < -0.39 is 0 Å². The first-order valence-electron chi connectivity index (χ1n) is 10.7. The fourth-order valence-corrected chi connectivity index (χ4v) is 4.95. The van der Waals surface area contributed by atoms with Gasteiger partial charge in [-0.15, -0.1) is 11.3 Å². The minimum Gasteiger partial charge on any atom is -0.484 e. The number of hydrogen-bond donors (Lipinski definition) is 0. The fraction of sp³-hybridized carbons (Fsp3) is 0.143. The Hall–Kier alpha value is -3.30. The first-order valence-corrected chi connectivity index (χ1v) is 11.5. The number of thiophene rings is 1. The van der Waals surface area contributed by atoms with Gasteiger partial charge in [-0.2, -0.15) is 0 Å². The number of benzene rings is 4. The van der Waals surface area contributed by atoms with Crippen molar-refractivity contribution in [2.24, 2.45) is 0 Å². The molecular weight excluding hydrogens is 398 g/mol. The molecule has 5 aromatic rings. The molecule has 0 fully saturated rings. The van der Waals surface area contributed by atoms with E-state index in [-0.39, 0.29) is 6.10 Å². The molecule has 0 spiro atoms. The van der Waals surface area contributed by atoms with Crippen LogP contribution in [0.25, 0.3) is 21.5 Å². The standard InChI is InChI=1S/C28H25NOS/c1-29(25-15-6-11-21-9-2-4-13-23(21)25)19-18-27(28-17-8-20-31-28)30-26-16-7-12-22-10-3-5-14-24(22)26/h2-17,20,27H,18-19H2,1H3/t27-/m1/s1. The van der Waals surface area contributed by atoms with Crippen molar-refractivity contribution in [1.82, 2.24) is 0 Å². The van der Waals surface area contributed by atoms with Crippen LogP contribution in [0.3, 0.4) is 0 Å². The summed E-state index contributed by atoms with van der Waals surface area (Å²) in [6.45, 7) is 0.904. The predicted octanol–water partition coefficient (Wildman–Crippen LogP) is 7.70. The van der Waals surface area contributed by atoms with Crippen LogP contribution in [-0.2, 0) is 0 Å². The van der Waals surface area contributed by atoms with Crippen LogP contribution in [0.2, 0.25) is 0 Å². The van der Waals surface area contributed by atoms with Crippen LogP contribution in [0.15, 0.2) is 102 Å². The molecule has 31 heavy (non-hydrogen) atoms. The van der Waals surface area contributed by atoms with E-state index in [4.69, 9.17) is 4.74 Å². The molecule has 4 aromatic carbocycles. The summed E-state index contributed by atoms with van der Waals surface area (Å²) in [7, 11) is 2.17. The smallest absolute Gasteiger partial charge is 0.135 e. The number of ether oxygens (including phenoxy) is 1. The van der Waals surface area contributed by atoms with Crippen molar-refractivity contribution in [3.63, 3.8) is 0 Å². The van der Waals surface area contributed by atoms with Crippen LogP contribution in [0.1, 0.15) is 17.4 Å². The first kappa shape index (κ1) is 19.7. The van der Waals surface area contributed by atoms with Gasteiger partial charge in [0, 0.05) is 41.4 Å². The third-order valence-electron chi connectivity index (χ3n) is 5.78. The quantitative estimate of drug-likeness (QED) is 0.266. The summed E-state index contributed by atoms with van der Waals surface area (Å²) in [4.78, 5) is 3.61. The van der Waals surface area contributed by atoms with Crippen LogP contribution in [0.4, 0.5) is 5.69 Å². The molecule has 5 rings (SSSR count). The maximum Gasteiger partial charge on any atom is 0.135 e. The van der Waals surface area contributed by atoms with Crippen molar-refractivity contribution < 1.29 is 4.74 Å². The lowest BCUT2D eigenvalue weighted by Crippen LogP contribution is -2.22. The summed E-state index contributed by atoms with van der Waals surface area (Å²) >= 11 is 1.76. The first-order chi connectivity index (χ1) is 15.3. The minimum absolute atomic E-state index is 0.0169. The zero-order valence-electron chi connectivity index (χ0n) is 17.6. The lowest BCUT2D eigenvalue weighted by molar-refractivity contribution is 0.203. The molecule has 0 aliphatic carbocycles. The third kappa shape index (κ3) is 4.14. The molecule has 1 atom stereocenters. The number of rotatable bonds is 7. The van der Waals surface area contributed by atoms with Crippen LogP contribution >= 0.6 is 11.3 Å². The Morgan fingerprint density at radius 2 is 1.42 bits per heavy atom. The van der Waals surface area contributed by atoms with Gasteiger partial charge in [-0.3, -0.25) is 0 Å². The molecule has 0 N–H and O–H groups in total. The predicted molar refractivity (Wildman–Crippen MR) is 133 cm³/mol. The van der Waals surface area contributed by atoms with Gasteiger partial charge >= 0.3 is 0 Å².